The lowest BCUT2D eigenvalue weighted by molar-refractivity contribution is 0.499. The summed E-state index contributed by atoms with van der Waals surface area (Å²) in [6.45, 7) is 0. The molecule has 1 aromatic heterocycles. The minimum Gasteiger partial charge on any atom is -0.312 e. The lowest BCUT2D eigenvalue weighted by Gasteiger charge is -2.11. The van der Waals surface area contributed by atoms with Crippen molar-refractivity contribution in [2.45, 2.75) is 25.3 Å². The molecule has 3 rings (SSSR count). The highest BCUT2D eigenvalue weighted by Crippen LogP contribution is 2.37. The van der Waals surface area contributed by atoms with E-state index in [4.69, 9.17) is 0 Å². The smallest absolute Gasteiger partial charge is 0.100 e. The molecule has 18 heavy (non-hydrogen) atoms. The van der Waals surface area contributed by atoms with Crippen molar-refractivity contribution in [2.24, 2.45) is 5.92 Å². The van der Waals surface area contributed by atoms with Gasteiger partial charge in [0.15, 0.2) is 0 Å². The van der Waals surface area contributed by atoms with Crippen molar-refractivity contribution >= 4 is 0 Å². The van der Waals surface area contributed by atoms with Crippen LogP contribution in [0.5, 0.6) is 0 Å². The zero-order chi connectivity index (χ0) is 12.4. The molecule has 0 amide bonds. The number of para-hydroxylation sites is 1. The van der Waals surface area contributed by atoms with Gasteiger partial charge in [-0.05, 0) is 31.5 Å². The predicted molar refractivity (Wildman–Crippen MR) is 70.5 cm³/mol. The van der Waals surface area contributed by atoms with E-state index in [0.717, 1.165) is 17.3 Å². The Bertz CT molecular complexity index is 502. The Morgan fingerprint density at radius 2 is 2.11 bits per heavy atom. The van der Waals surface area contributed by atoms with E-state index in [9.17, 15) is 0 Å². The Balaban J connectivity index is 1.79. The second kappa shape index (κ2) is 4.90. The lowest BCUT2D eigenvalue weighted by atomic mass is 10.1. The molecule has 0 spiro atoms. The summed E-state index contributed by atoms with van der Waals surface area (Å²) in [6, 6.07) is 10.3. The van der Waals surface area contributed by atoms with Crippen LogP contribution in [0.1, 0.15) is 31.0 Å². The SMILES string of the molecule is CNC(CC1CC1)c1cnn(-c2ccccc2)n1. The third kappa shape index (κ3) is 2.43. The fourth-order valence-electron chi connectivity index (χ4n) is 2.19. The molecule has 1 aliphatic rings. The molecular weight excluding hydrogens is 224 g/mol. The van der Waals surface area contributed by atoms with Gasteiger partial charge in [0, 0.05) is 0 Å². The van der Waals surface area contributed by atoms with Crippen LogP contribution in [-0.4, -0.2) is 22.0 Å². The Labute approximate surface area is 107 Å². The zero-order valence-electron chi connectivity index (χ0n) is 10.6. The number of nitrogens with one attached hydrogen (secondary N) is 1. The number of benzene rings is 1. The Hall–Kier alpha value is -1.68. The van der Waals surface area contributed by atoms with E-state index in [-0.39, 0.29) is 0 Å². The first-order valence-corrected chi connectivity index (χ1v) is 6.52. The van der Waals surface area contributed by atoms with Gasteiger partial charge in [-0.3, -0.25) is 0 Å². The molecule has 0 saturated heterocycles. The molecule has 4 nitrogen and oxygen atoms in total. The van der Waals surface area contributed by atoms with Crippen molar-refractivity contribution in [2.75, 3.05) is 7.05 Å². The molecule has 1 unspecified atom stereocenters. The highest BCUT2D eigenvalue weighted by atomic mass is 15.5. The van der Waals surface area contributed by atoms with Crippen LogP contribution in [0.2, 0.25) is 0 Å². The number of hydrogen-bond acceptors (Lipinski definition) is 3. The molecule has 0 bridgehead atoms. The first kappa shape index (κ1) is 11.4. The summed E-state index contributed by atoms with van der Waals surface area (Å²) < 4.78 is 0. The molecule has 1 fully saturated rings. The van der Waals surface area contributed by atoms with Crippen LogP contribution in [0.15, 0.2) is 36.5 Å². The van der Waals surface area contributed by atoms with E-state index in [0.29, 0.717) is 6.04 Å². The van der Waals surface area contributed by atoms with Crippen LogP contribution in [0, 0.1) is 5.92 Å². The minimum absolute atomic E-state index is 0.329. The van der Waals surface area contributed by atoms with Gasteiger partial charge in [-0.1, -0.05) is 31.0 Å². The summed E-state index contributed by atoms with van der Waals surface area (Å²) in [7, 11) is 1.99. The minimum atomic E-state index is 0.329. The van der Waals surface area contributed by atoms with Crippen LogP contribution < -0.4 is 5.32 Å². The highest BCUT2D eigenvalue weighted by molar-refractivity contribution is 5.28. The summed E-state index contributed by atoms with van der Waals surface area (Å²) in [5.41, 5.74) is 2.04. The first-order valence-electron chi connectivity index (χ1n) is 6.52. The monoisotopic (exact) mass is 242 g/mol. The molecule has 1 heterocycles. The fraction of sp³-hybridized carbons (Fsp3) is 0.429. The van der Waals surface area contributed by atoms with Crippen molar-refractivity contribution in [3.05, 3.63) is 42.2 Å². The highest BCUT2D eigenvalue weighted by Gasteiger charge is 2.26. The second-order valence-corrected chi connectivity index (χ2v) is 4.91. The second-order valence-electron chi connectivity index (χ2n) is 4.91. The predicted octanol–water partition coefficient (Wildman–Crippen LogP) is 2.33. The first-order chi connectivity index (χ1) is 8.86. The molecule has 1 atom stereocenters. The average Bonchev–Trinajstić information content (AvgIpc) is 3.11. The van der Waals surface area contributed by atoms with Crippen molar-refractivity contribution < 1.29 is 0 Å². The number of rotatable bonds is 5. The van der Waals surface area contributed by atoms with Gasteiger partial charge in [0.2, 0.25) is 0 Å². The number of aromatic nitrogens is 3. The quantitative estimate of drug-likeness (QED) is 0.875. The molecule has 1 aliphatic carbocycles. The van der Waals surface area contributed by atoms with Crippen molar-refractivity contribution in [3.8, 4) is 5.69 Å². The maximum atomic E-state index is 4.58. The largest absolute Gasteiger partial charge is 0.312 e. The molecule has 2 aromatic rings. The third-order valence-corrected chi connectivity index (χ3v) is 3.47. The van der Waals surface area contributed by atoms with E-state index >= 15 is 0 Å². The average molecular weight is 242 g/mol. The Kier molecular flexibility index (Phi) is 3.11. The van der Waals surface area contributed by atoms with Gasteiger partial charge in [0.05, 0.1) is 17.9 Å². The molecule has 94 valence electrons. The van der Waals surface area contributed by atoms with E-state index in [1.807, 2.05) is 43.6 Å². The van der Waals surface area contributed by atoms with Crippen molar-refractivity contribution in [1.82, 2.24) is 20.3 Å². The maximum absolute atomic E-state index is 4.58. The van der Waals surface area contributed by atoms with Crippen LogP contribution >= 0.6 is 0 Å². The molecule has 1 saturated carbocycles. The summed E-state index contributed by atoms with van der Waals surface area (Å²) in [4.78, 5) is 1.70. The van der Waals surface area contributed by atoms with Crippen molar-refractivity contribution in [1.29, 1.82) is 0 Å². The molecule has 1 aromatic carbocycles. The number of hydrogen-bond donors (Lipinski definition) is 1. The van der Waals surface area contributed by atoms with Crippen molar-refractivity contribution in [3.63, 3.8) is 0 Å². The molecule has 1 N–H and O–H groups in total. The molecular formula is C14H18N4. The van der Waals surface area contributed by atoms with Crippen LogP contribution in [0.25, 0.3) is 5.69 Å². The van der Waals surface area contributed by atoms with Gasteiger partial charge in [0.25, 0.3) is 0 Å². The van der Waals surface area contributed by atoms with Crippen LogP contribution in [0.3, 0.4) is 0 Å². The van der Waals surface area contributed by atoms with Gasteiger partial charge >= 0.3 is 0 Å². The van der Waals surface area contributed by atoms with Gasteiger partial charge in [-0.25, -0.2) is 0 Å². The molecule has 0 aliphatic heterocycles. The van der Waals surface area contributed by atoms with E-state index in [1.165, 1.54) is 19.3 Å². The number of nitrogens with zero attached hydrogens (tertiary/aromatic N) is 3. The topological polar surface area (TPSA) is 42.7 Å². The summed E-state index contributed by atoms with van der Waals surface area (Å²) in [5.74, 6) is 0.879. The Morgan fingerprint density at radius 1 is 1.33 bits per heavy atom. The van der Waals surface area contributed by atoms with E-state index < -0.39 is 0 Å². The summed E-state index contributed by atoms with van der Waals surface area (Å²) >= 11 is 0. The third-order valence-electron chi connectivity index (χ3n) is 3.47. The molecule has 4 heteroatoms. The van der Waals surface area contributed by atoms with E-state index in [2.05, 4.69) is 15.5 Å². The van der Waals surface area contributed by atoms with Gasteiger partial charge in [0.1, 0.15) is 5.69 Å². The van der Waals surface area contributed by atoms with Crippen LogP contribution in [0.4, 0.5) is 0 Å². The van der Waals surface area contributed by atoms with Crippen LogP contribution in [-0.2, 0) is 0 Å². The van der Waals surface area contributed by atoms with Gasteiger partial charge < -0.3 is 5.32 Å². The fourth-order valence-corrected chi connectivity index (χ4v) is 2.19. The standard InChI is InChI=1S/C14H18N4/c1-15-13(9-11-7-8-11)14-10-16-18(17-14)12-5-3-2-4-6-12/h2-6,10-11,13,15H,7-9H2,1H3. The van der Waals surface area contributed by atoms with Gasteiger partial charge in [-0.2, -0.15) is 15.0 Å². The van der Waals surface area contributed by atoms with E-state index in [1.54, 1.807) is 4.80 Å². The molecule has 0 radical (unpaired) electrons. The van der Waals surface area contributed by atoms with Gasteiger partial charge in [-0.15, -0.1) is 0 Å². The zero-order valence-corrected chi connectivity index (χ0v) is 10.6. The maximum Gasteiger partial charge on any atom is 0.100 e. The normalized spacial score (nSPS) is 16.7. The summed E-state index contributed by atoms with van der Waals surface area (Å²) in [6.07, 6.45) is 5.77. The lowest BCUT2D eigenvalue weighted by Crippen LogP contribution is -2.17. The Morgan fingerprint density at radius 3 is 2.78 bits per heavy atom. The summed E-state index contributed by atoms with van der Waals surface area (Å²) in [5, 5.41) is 12.3.